The van der Waals surface area contributed by atoms with E-state index in [1.165, 1.54) is 0 Å². The lowest BCUT2D eigenvalue weighted by Gasteiger charge is -2.10. The minimum atomic E-state index is -0.410. The Kier molecular flexibility index (Phi) is 2.70. The maximum Gasteiger partial charge on any atom is 0.312 e. The summed E-state index contributed by atoms with van der Waals surface area (Å²) in [4.78, 5) is 10.4. The Labute approximate surface area is 66.5 Å². The molecular weight excluding hydrogens is 142 g/mol. The van der Waals surface area contributed by atoms with E-state index in [-0.39, 0.29) is 6.04 Å². The highest BCUT2D eigenvalue weighted by Gasteiger charge is 2.23. The highest BCUT2D eigenvalue weighted by molar-refractivity contribution is 5.71. The predicted molar refractivity (Wildman–Crippen MR) is 43.2 cm³/mol. The van der Waals surface area contributed by atoms with Gasteiger partial charge in [-0.25, -0.2) is 4.79 Å². The number of nitrogens with one attached hydrogen (secondary N) is 2. The zero-order chi connectivity index (χ0) is 8.27. The summed E-state index contributed by atoms with van der Waals surface area (Å²) < 4.78 is 0. The second-order valence-corrected chi connectivity index (χ2v) is 3.00. The van der Waals surface area contributed by atoms with Crippen LogP contribution in [-0.2, 0) is 0 Å². The highest BCUT2D eigenvalue weighted by atomic mass is 16.2. The fourth-order valence-electron chi connectivity index (χ4n) is 1.58. The van der Waals surface area contributed by atoms with Crippen molar-refractivity contribution in [1.29, 1.82) is 0 Å². The van der Waals surface area contributed by atoms with Crippen molar-refractivity contribution in [2.24, 2.45) is 5.73 Å². The number of nitrogens with two attached hydrogens (primary N) is 1. The fraction of sp³-hybridized carbons (Fsp3) is 0.857. The number of urea groups is 1. The van der Waals surface area contributed by atoms with Crippen molar-refractivity contribution in [1.82, 2.24) is 10.6 Å². The Balaban J connectivity index is 2.24. The lowest BCUT2D eigenvalue weighted by Crippen LogP contribution is -2.38. The summed E-state index contributed by atoms with van der Waals surface area (Å²) in [6.07, 6.45) is 3.16. The summed E-state index contributed by atoms with van der Waals surface area (Å²) in [6, 6.07) is 0.420. The number of hydrogen-bond donors (Lipinski definition) is 3. The van der Waals surface area contributed by atoms with Crippen LogP contribution >= 0.6 is 0 Å². The monoisotopic (exact) mass is 157 g/mol. The van der Waals surface area contributed by atoms with Gasteiger partial charge in [-0.15, -0.1) is 0 Å². The molecule has 0 bridgehead atoms. The first-order valence-corrected chi connectivity index (χ1v) is 3.95. The topological polar surface area (TPSA) is 67.2 Å². The van der Waals surface area contributed by atoms with Crippen molar-refractivity contribution >= 4 is 6.03 Å². The van der Waals surface area contributed by atoms with Gasteiger partial charge in [0.15, 0.2) is 0 Å². The van der Waals surface area contributed by atoms with Crippen molar-refractivity contribution in [2.75, 3.05) is 7.05 Å². The van der Waals surface area contributed by atoms with Crippen molar-refractivity contribution < 1.29 is 4.79 Å². The van der Waals surface area contributed by atoms with E-state index in [2.05, 4.69) is 10.6 Å². The summed E-state index contributed by atoms with van der Waals surface area (Å²) in [7, 11) is 1.94. The Bertz CT molecular complexity index is 149. The van der Waals surface area contributed by atoms with Crippen LogP contribution in [0.15, 0.2) is 0 Å². The standard InChI is InChI=1S/C7H15N3O/c1-9-5-2-3-6(4-5)10-7(8)11/h5-6,9H,2-4H2,1H3,(H3,8,10,11). The lowest BCUT2D eigenvalue weighted by atomic mass is 10.2. The quantitative estimate of drug-likeness (QED) is 0.519. The van der Waals surface area contributed by atoms with Gasteiger partial charge in [0.1, 0.15) is 0 Å². The van der Waals surface area contributed by atoms with Gasteiger partial charge >= 0.3 is 6.03 Å². The minimum Gasteiger partial charge on any atom is -0.352 e. The Morgan fingerprint density at radius 2 is 2.09 bits per heavy atom. The van der Waals surface area contributed by atoms with Gasteiger partial charge in [-0.1, -0.05) is 0 Å². The van der Waals surface area contributed by atoms with Crippen molar-refractivity contribution in [3.8, 4) is 0 Å². The van der Waals surface area contributed by atoms with Crippen LogP contribution in [0.25, 0.3) is 0 Å². The molecule has 2 unspecified atom stereocenters. The lowest BCUT2D eigenvalue weighted by molar-refractivity contribution is 0.245. The molecular formula is C7H15N3O. The molecule has 4 nitrogen and oxygen atoms in total. The van der Waals surface area contributed by atoms with E-state index in [1.807, 2.05) is 7.05 Å². The van der Waals surface area contributed by atoms with Gasteiger partial charge in [0.05, 0.1) is 0 Å². The van der Waals surface area contributed by atoms with Gasteiger partial charge in [0, 0.05) is 12.1 Å². The molecule has 0 radical (unpaired) electrons. The number of amides is 2. The molecule has 1 fully saturated rings. The molecule has 4 heteroatoms. The predicted octanol–water partition coefficient (Wildman–Crippen LogP) is -0.205. The average molecular weight is 157 g/mol. The van der Waals surface area contributed by atoms with Gasteiger partial charge in [0.25, 0.3) is 0 Å². The largest absolute Gasteiger partial charge is 0.352 e. The number of rotatable bonds is 2. The molecule has 2 atom stereocenters. The third kappa shape index (κ3) is 2.38. The van der Waals surface area contributed by atoms with E-state index in [1.54, 1.807) is 0 Å². The zero-order valence-corrected chi connectivity index (χ0v) is 6.76. The molecule has 0 spiro atoms. The molecule has 1 saturated carbocycles. The van der Waals surface area contributed by atoms with Gasteiger partial charge in [-0.2, -0.15) is 0 Å². The molecule has 0 aliphatic heterocycles. The van der Waals surface area contributed by atoms with E-state index in [4.69, 9.17) is 5.73 Å². The normalized spacial score (nSPS) is 30.3. The molecule has 0 heterocycles. The Morgan fingerprint density at radius 3 is 2.55 bits per heavy atom. The van der Waals surface area contributed by atoms with E-state index < -0.39 is 6.03 Å². The summed E-state index contributed by atoms with van der Waals surface area (Å²) in [6.45, 7) is 0. The third-order valence-electron chi connectivity index (χ3n) is 2.19. The first-order chi connectivity index (χ1) is 5.22. The second-order valence-electron chi connectivity index (χ2n) is 3.00. The molecule has 64 valence electrons. The molecule has 1 aliphatic rings. The first kappa shape index (κ1) is 8.33. The smallest absolute Gasteiger partial charge is 0.312 e. The molecule has 0 aromatic rings. The molecule has 11 heavy (non-hydrogen) atoms. The maximum atomic E-state index is 10.4. The van der Waals surface area contributed by atoms with E-state index in [0.29, 0.717) is 6.04 Å². The zero-order valence-electron chi connectivity index (χ0n) is 6.76. The SMILES string of the molecule is CNC1CCC(NC(N)=O)C1. The number of hydrogen-bond acceptors (Lipinski definition) is 2. The van der Waals surface area contributed by atoms with Gasteiger partial charge in [-0.05, 0) is 26.3 Å². The Hall–Kier alpha value is -0.770. The van der Waals surface area contributed by atoms with Crippen LogP contribution in [0.3, 0.4) is 0 Å². The molecule has 2 amide bonds. The maximum absolute atomic E-state index is 10.4. The second kappa shape index (κ2) is 3.57. The first-order valence-electron chi connectivity index (χ1n) is 3.95. The highest BCUT2D eigenvalue weighted by Crippen LogP contribution is 2.18. The summed E-state index contributed by atoms with van der Waals surface area (Å²) >= 11 is 0. The van der Waals surface area contributed by atoms with Crippen LogP contribution in [0.2, 0.25) is 0 Å². The average Bonchev–Trinajstić information content (AvgIpc) is 2.34. The van der Waals surface area contributed by atoms with E-state index in [9.17, 15) is 4.79 Å². The number of primary amides is 1. The van der Waals surface area contributed by atoms with Gasteiger partial charge in [-0.3, -0.25) is 0 Å². The van der Waals surface area contributed by atoms with Gasteiger partial charge in [0.2, 0.25) is 0 Å². The Morgan fingerprint density at radius 1 is 1.45 bits per heavy atom. The third-order valence-corrected chi connectivity index (χ3v) is 2.19. The summed E-state index contributed by atoms with van der Waals surface area (Å²) in [5, 5.41) is 5.88. The molecule has 1 aliphatic carbocycles. The molecule has 1 rings (SSSR count). The van der Waals surface area contributed by atoms with Crippen molar-refractivity contribution in [3.63, 3.8) is 0 Å². The molecule has 0 saturated heterocycles. The number of carbonyl (C=O) groups excluding carboxylic acids is 1. The van der Waals surface area contributed by atoms with Crippen LogP contribution in [0, 0.1) is 0 Å². The van der Waals surface area contributed by atoms with Crippen LogP contribution in [0.4, 0.5) is 4.79 Å². The molecule has 0 aromatic carbocycles. The van der Waals surface area contributed by atoms with E-state index in [0.717, 1.165) is 19.3 Å². The van der Waals surface area contributed by atoms with Crippen molar-refractivity contribution in [2.45, 2.75) is 31.3 Å². The number of carbonyl (C=O) groups is 1. The summed E-state index contributed by atoms with van der Waals surface area (Å²) in [5.74, 6) is 0. The van der Waals surface area contributed by atoms with Crippen LogP contribution in [0.1, 0.15) is 19.3 Å². The van der Waals surface area contributed by atoms with Crippen LogP contribution < -0.4 is 16.4 Å². The van der Waals surface area contributed by atoms with Crippen molar-refractivity contribution in [3.05, 3.63) is 0 Å². The fourth-order valence-corrected chi connectivity index (χ4v) is 1.58. The van der Waals surface area contributed by atoms with E-state index >= 15 is 0 Å². The van der Waals surface area contributed by atoms with Crippen LogP contribution in [-0.4, -0.2) is 25.2 Å². The van der Waals surface area contributed by atoms with Crippen LogP contribution in [0.5, 0.6) is 0 Å². The minimum absolute atomic E-state index is 0.282. The summed E-state index contributed by atoms with van der Waals surface area (Å²) in [5.41, 5.74) is 4.99. The molecule has 0 aromatic heterocycles. The van der Waals surface area contributed by atoms with Gasteiger partial charge < -0.3 is 16.4 Å². The molecule has 4 N–H and O–H groups in total.